The lowest BCUT2D eigenvalue weighted by atomic mass is 9.88. The smallest absolute Gasteiger partial charge is 0.411 e. The normalized spacial score (nSPS) is 14.3. The van der Waals surface area contributed by atoms with Crippen molar-refractivity contribution < 1.29 is 19.4 Å². The van der Waals surface area contributed by atoms with Crippen molar-refractivity contribution in [3.05, 3.63) is 93.1 Å². The number of amides is 1. The molecule has 6 heteroatoms. The highest BCUT2D eigenvalue weighted by atomic mass is 127. The highest BCUT2D eigenvalue weighted by molar-refractivity contribution is 14.1. The van der Waals surface area contributed by atoms with Crippen LogP contribution in [0.15, 0.2) is 72.8 Å². The molecule has 3 aromatic rings. The van der Waals surface area contributed by atoms with E-state index in [4.69, 9.17) is 4.74 Å². The molecule has 0 radical (unpaired) electrons. The van der Waals surface area contributed by atoms with Crippen LogP contribution in [0.1, 0.15) is 29.7 Å². The molecule has 158 valence electrons. The number of carbonyl (C=O) groups excluding carboxylic acids is 1. The average molecular weight is 527 g/mol. The van der Waals surface area contributed by atoms with Crippen molar-refractivity contribution in [3.8, 4) is 11.1 Å². The Labute approximate surface area is 194 Å². The number of carbonyl (C=O) groups is 2. The van der Waals surface area contributed by atoms with E-state index in [0.29, 0.717) is 0 Å². The highest BCUT2D eigenvalue weighted by Crippen LogP contribution is 2.48. The predicted octanol–water partition coefficient (Wildman–Crippen LogP) is 5.52. The van der Waals surface area contributed by atoms with Gasteiger partial charge < -0.3 is 9.84 Å². The molecule has 0 unspecified atom stereocenters. The monoisotopic (exact) mass is 527 g/mol. The Kier molecular flexibility index (Phi) is 5.75. The van der Waals surface area contributed by atoms with Crippen LogP contribution in [0.2, 0.25) is 0 Å². The van der Waals surface area contributed by atoms with E-state index < -0.39 is 23.6 Å². The van der Waals surface area contributed by atoms with Crippen LogP contribution in [0.5, 0.6) is 0 Å². The Bertz CT molecular complexity index is 1120. The van der Waals surface area contributed by atoms with E-state index in [0.717, 1.165) is 31.4 Å². The number of hydrogen-bond donors (Lipinski definition) is 1. The molecule has 0 fully saturated rings. The van der Waals surface area contributed by atoms with Gasteiger partial charge in [-0.2, -0.15) is 0 Å². The number of methoxy groups -OCH3 is 1. The summed E-state index contributed by atoms with van der Waals surface area (Å²) in [5, 5.41) is 10.4. The van der Waals surface area contributed by atoms with Crippen LogP contribution >= 0.6 is 22.6 Å². The SMILES string of the molecule is COC(=O)N(C1c2ccccc2-c2ccccc21)[C@@](C)(Cc1cccc(I)c1)C(=O)O. The van der Waals surface area contributed by atoms with Crippen molar-refractivity contribution in [2.75, 3.05) is 7.11 Å². The van der Waals surface area contributed by atoms with E-state index in [1.165, 1.54) is 12.0 Å². The second-order valence-electron chi connectivity index (χ2n) is 7.80. The Hall–Kier alpha value is -2.87. The number of carboxylic acids is 1. The minimum atomic E-state index is -1.53. The lowest BCUT2D eigenvalue weighted by Gasteiger charge is -2.41. The molecular weight excluding hydrogens is 505 g/mol. The molecule has 0 saturated carbocycles. The molecule has 1 N–H and O–H groups in total. The molecule has 0 saturated heterocycles. The fourth-order valence-corrected chi connectivity index (χ4v) is 5.01. The summed E-state index contributed by atoms with van der Waals surface area (Å²) in [5.74, 6) is -1.08. The second-order valence-corrected chi connectivity index (χ2v) is 9.05. The zero-order chi connectivity index (χ0) is 22.2. The van der Waals surface area contributed by atoms with Gasteiger partial charge in [0.25, 0.3) is 0 Å². The van der Waals surface area contributed by atoms with Crippen LogP contribution < -0.4 is 0 Å². The fraction of sp³-hybridized carbons (Fsp3) is 0.200. The molecular formula is C25H22INO4. The van der Waals surface area contributed by atoms with Crippen LogP contribution in [0.3, 0.4) is 0 Å². The topological polar surface area (TPSA) is 66.8 Å². The second kappa shape index (κ2) is 8.34. The number of rotatable bonds is 5. The molecule has 0 aliphatic heterocycles. The van der Waals surface area contributed by atoms with Gasteiger partial charge >= 0.3 is 12.1 Å². The van der Waals surface area contributed by atoms with Crippen LogP contribution in [-0.4, -0.2) is 34.7 Å². The Morgan fingerprint density at radius 3 is 2.10 bits per heavy atom. The Balaban J connectivity index is 1.91. The Morgan fingerprint density at radius 2 is 1.58 bits per heavy atom. The number of fused-ring (bicyclic) bond motifs is 3. The van der Waals surface area contributed by atoms with E-state index in [1.807, 2.05) is 72.8 Å². The molecule has 0 aromatic heterocycles. The summed E-state index contributed by atoms with van der Waals surface area (Å²) in [5.41, 5.74) is 3.09. The quantitative estimate of drug-likeness (QED) is 0.445. The molecule has 4 rings (SSSR count). The maximum atomic E-state index is 13.2. The first-order valence-electron chi connectivity index (χ1n) is 9.90. The van der Waals surface area contributed by atoms with Crippen LogP contribution in [-0.2, 0) is 16.0 Å². The summed E-state index contributed by atoms with van der Waals surface area (Å²) >= 11 is 2.20. The number of benzene rings is 3. The van der Waals surface area contributed by atoms with Crippen molar-refractivity contribution in [2.45, 2.75) is 24.9 Å². The van der Waals surface area contributed by atoms with E-state index in [1.54, 1.807) is 6.92 Å². The molecule has 3 aromatic carbocycles. The third kappa shape index (κ3) is 3.69. The molecule has 0 heterocycles. The molecule has 0 bridgehead atoms. The van der Waals surface area contributed by atoms with Crippen molar-refractivity contribution >= 4 is 34.7 Å². The summed E-state index contributed by atoms with van der Waals surface area (Å²) in [4.78, 5) is 27.3. The first-order valence-corrected chi connectivity index (χ1v) is 11.0. The van der Waals surface area contributed by atoms with E-state index in [-0.39, 0.29) is 6.42 Å². The number of ether oxygens (including phenoxy) is 1. The number of aliphatic carboxylic acids is 1. The third-order valence-electron chi connectivity index (χ3n) is 5.86. The maximum Gasteiger partial charge on any atom is 0.411 e. The van der Waals surface area contributed by atoms with Crippen LogP contribution in [0.25, 0.3) is 11.1 Å². The minimum Gasteiger partial charge on any atom is -0.479 e. The molecule has 1 aliphatic carbocycles. The molecule has 1 amide bonds. The van der Waals surface area contributed by atoms with Crippen molar-refractivity contribution in [1.29, 1.82) is 0 Å². The number of nitrogens with zero attached hydrogens (tertiary/aromatic N) is 1. The molecule has 1 aliphatic rings. The lowest BCUT2D eigenvalue weighted by Crippen LogP contribution is -2.57. The van der Waals surface area contributed by atoms with Gasteiger partial charge in [-0.3, -0.25) is 4.90 Å². The summed E-state index contributed by atoms with van der Waals surface area (Å²) in [6.45, 7) is 1.59. The fourth-order valence-electron chi connectivity index (χ4n) is 4.41. The van der Waals surface area contributed by atoms with E-state index >= 15 is 0 Å². The third-order valence-corrected chi connectivity index (χ3v) is 6.53. The van der Waals surface area contributed by atoms with Gasteiger partial charge in [-0.05, 0) is 69.5 Å². The highest BCUT2D eigenvalue weighted by Gasteiger charge is 2.50. The number of carboxylic acid groups (broad SMARTS) is 1. The van der Waals surface area contributed by atoms with Crippen LogP contribution in [0.4, 0.5) is 4.79 Å². The standard InChI is InChI=1S/C25H22INO4/c1-25(23(28)29,15-16-8-7-9-17(26)14-16)27(24(30)31-2)22-20-12-5-3-10-18(20)19-11-4-6-13-21(19)22/h3-14,22H,15H2,1-2H3,(H,28,29)/t25-/m0/s1. The van der Waals surface area contributed by atoms with Gasteiger partial charge in [0.1, 0.15) is 5.54 Å². The van der Waals surface area contributed by atoms with Crippen molar-refractivity contribution in [3.63, 3.8) is 0 Å². The summed E-state index contributed by atoms with van der Waals surface area (Å²) in [6.07, 6.45) is -0.526. The van der Waals surface area contributed by atoms with Crippen molar-refractivity contribution in [1.82, 2.24) is 4.90 Å². The van der Waals surface area contributed by atoms with Gasteiger partial charge in [-0.1, -0.05) is 60.7 Å². The van der Waals surface area contributed by atoms with Crippen molar-refractivity contribution in [2.24, 2.45) is 0 Å². The zero-order valence-electron chi connectivity index (χ0n) is 17.2. The number of hydrogen-bond acceptors (Lipinski definition) is 3. The summed E-state index contributed by atoms with van der Waals surface area (Å²) < 4.78 is 6.14. The van der Waals surface area contributed by atoms with Gasteiger partial charge in [0.15, 0.2) is 0 Å². The molecule has 1 atom stereocenters. The summed E-state index contributed by atoms with van der Waals surface area (Å²) in [7, 11) is 1.29. The van der Waals surface area contributed by atoms with E-state index in [9.17, 15) is 14.7 Å². The lowest BCUT2D eigenvalue weighted by molar-refractivity contribution is -0.150. The van der Waals surface area contributed by atoms with Crippen LogP contribution in [0, 0.1) is 3.57 Å². The maximum absolute atomic E-state index is 13.2. The summed E-state index contributed by atoms with van der Waals surface area (Å²) in [6, 6.07) is 22.7. The van der Waals surface area contributed by atoms with Gasteiger partial charge in [-0.25, -0.2) is 9.59 Å². The Morgan fingerprint density at radius 1 is 1.00 bits per heavy atom. The predicted molar refractivity (Wildman–Crippen MR) is 127 cm³/mol. The van der Waals surface area contributed by atoms with Gasteiger partial charge in [0.05, 0.1) is 13.2 Å². The van der Waals surface area contributed by atoms with Gasteiger partial charge in [-0.15, -0.1) is 0 Å². The largest absolute Gasteiger partial charge is 0.479 e. The first kappa shape index (κ1) is 21.4. The van der Waals surface area contributed by atoms with Gasteiger partial charge in [0.2, 0.25) is 0 Å². The molecule has 5 nitrogen and oxygen atoms in total. The van der Waals surface area contributed by atoms with Gasteiger partial charge in [0, 0.05) is 9.99 Å². The zero-order valence-corrected chi connectivity index (χ0v) is 19.4. The average Bonchev–Trinajstić information content (AvgIpc) is 3.08. The van der Waals surface area contributed by atoms with E-state index in [2.05, 4.69) is 22.6 Å². The molecule has 0 spiro atoms. The first-order chi connectivity index (χ1) is 14.9. The molecule has 31 heavy (non-hydrogen) atoms. The number of halogens is 1. The minimum absolute atomic E-state index is 0.148.